The molecule has 27 heavy (non-hydrogen) atoms. The van der Waals surface area contributed by atoms with Crippen LogP contribution < -0.4 is 19.1 Å². The fourth-order valence-corrected chi connectivity index (χ4v) is 2.90. The Kier molecular flexibility index (Phi) is 5.95. The largest absolute Gasteiger partial charge is 0.497 e. The van der Waals surface area contributed by atoms with E-state index in [9.17, 15) is 4.79 Å². The van der Waals surface area contributed by atoms with Crippen LogP contribution in [0.4, 0.5) is 5.82 Å². The van der Waals surface area contributed by atoms with Gasteiger partial charge in [0.15, 0.2) is 6.61 Å². The summed E-state index contributed by atoms with van der Waals surface area (Å²) in [5, 5.41) is 0. The van der Waals surface area contributed by atoms with Gasteiger partial charge in [-0.25, -0.2) is 4.98 Å². The third-order valence-electron chi connectivity index (χ3n) is 4.37. The number of carbonyl (C=O) groups excluding carboxylic acids is 1. The van der Waals surface area contributed by atoms with E-state index >= 15 is 0 Å². The van der Waals surface area contributed by atoms with Crippen molar-refractivity contribution in [3.05, 3.63) is 36.2 Å². The molecule has 1 aromatic carbocycles. The van der Waals surface area contributed by atoms with E-state index in [0.717, 1.165) is 5.82 Å². The van der Waals surface area contributed by atoms with Gasteiger partial charge in [0.1, 0.15) is 23.1 Å². The number of benzene rings is 1. The molecule has 3 rings (SSSR count). The molecule has 1 saturated heterocycles. The van der Waals surface area contributed by atoms with Crippen LogP contribution in [-0.2, 0) is 4.79 Å². The van der Waals surface area contributed by atoms with Gasteiger partial charge in [-0.2, -0.15) is 4.98 Å². The summed E-state index contributed by atoms with van der Waals surface area (Å²) in [6, 6.07) is 9.04. The van der Waals surface area contributed by atoms with Gasteiger partial charge in [0.25, 0.3) is 5.91 Å². The molecular formula is C19H24N4O4. The SMILES string of the molecule is COc1cccc(OCC(=O)N2CCN(c3cc(OC)nc(C)n3)CC2)c1. The standard InChI is InChI=1S/C19H24N4O4/c1-14-20-17(12-18(21-14)26-3)22-7-9-23(10-8-22)19(24)13-27-16-6-4-5-15(11-16)25-2/h4-6,11-12H,7-10,13H2,1-3H3. The van der Waals surface area contributed by atoms with Crippen molar-refractivity contribution in [2.24, 2.45) is 0 Å². The third kappa shape index (κ3) is 4.78. The number of amides is 1. The molecule has 0 unspecified atom stereocenters. The molecule has 0 radical (unpaired) electrons. The maximum Gasteiger partial charge on any atom is 0.260 e. The van der Waals surface area contributed by atoms with Gasteiger partial charge < -0.3 is 24.0 Å². The van der Waals surface area contributed by atoms with Crippen LogP contribution >= 0.6 is 0 Å². The molecule has 0 atom stereocenters. The van der Waals surface area contributed by atoms with Crippen LogP contribution in [0.5, 0.6) is 17.4 Å². The summed E-state index contributed by atoms with van der Waals surface area (Å²) in [7, 11) is 3.18. The third-order valence-corrected chi connectivity index (χ3v) is 4.37. The van der Waals surface area contributed by atoms with Crippen molar-refractivity contribution in [1.29, 1.82) is 0 Å². The molecule has 8 nitrogen and oxygen atoms in total. The van der Waals surface area contributed by atoms with Crippen LogP contribution in [0.1, 0.15) is 5.82 Å². The lowest BCUT2D eigenvalue weighted by atomic mass is 10.3. The molecule has 1 aliphatic rings. The predicted molar refractivity (Wildman–Crippen MR) is 101 cm³/mol. The van der Waals surface area contributed by atoms with Crippen molar-refractivity contribution < 1.29 is 19.0 Å². The van der Waals surface area contributed by atoms with E-state index in [4.69, 9.17) is 14.2 Å². The molecule has 1 aliphatic heterocycles. The van der Waals surface area contributed by atoms with E-state index < -0.39 is 0 Å². The zero-order valence-electron chi connectivity index (χ0n) is 15.8. The summed E-state index contributed by atoms with van der Waals surface area (Å²) >= 11 is 0. The monoisotopic (exact) mass is 372 g/mol. The van der Waals surface area contributed by atoms with Crippen LogP contribution in [0, 0.1) is 6.92 Å². The lowest BCUT2D eigenvalue weighted by Gasteiger charge is -2.35. The predicted octanol–water partition coefficient (Wildman–Crippen LogP) is 1.53. The first kappa shape index (κ1) is 18.8. The minimum absolute atomic E-state index is 0.00755. The van der Waals surface area contributed by atoms with Gasteiger partial charge in [-0.15, -0.1) is 0 Å². The Morgan fingerprint density at radius 2 is 1.78 bits per heavy atom. The summed E-state index contributed by atoms with van der Waals surface area (Å²) in [6.07, 6.45) is 0. The minimum atomic E-state index is -0.0334. The number of nitrogens with zero attached hydrogens (tertiary/aromatic N) is 4. The van der Waals surface area contributed by atoms with Crippen LogP contribution in [-0.4, -0.2) is 67.8 Å². The van der Waals surface area contributed by atoms with Gasteiger partial charge in [0.2, 0.25) is 5.88 Å². The first-order valence-electron chi connectivity index (χ1n) is 8.78. The normalized spacial score (nSPS) is 14.0. The number of carbonyl (C=O) groups is 1. The lowest BCUT2D eigenvalue weighted by Crippen LogP contribution is -2.50. The second-order valence-electron chi connectivity index (χ2n) is 6.15. The van der Waals surface area contributed by atoms with Crippen LogP contribution in [0.3, 0.4) is 0 Å². The summed E-state index contributed by atoms with van der Waals surface area (Å²) < 4.78 is 16.0. The Labute approximate surface area is 158 Å². The average molecular weight is 372 g/mol. The van der Waals surface area contributed by atoms with Gasteiger partial charge in [-0.05, 0) is 19.1 Å². The van der Waals surface area contributed by atoms with E-state index in [1.165, 1.54) is 0 Å². The molecule has 0 spiro atoms. The van der Waals surface area contributed by atoms with Gasteiger partial charge in [-0.3, -0.25) is 4.79 Å². The maximum atomic E-state index is 12.4. The summed E-state index contributed by atoms with van der Waals surface area (Å²) in [5.74, 6) is 3.30. The summed E-state index contributed by atoms with van der Waals surface area (Å²) in [4.78, 5) is 25.0. The molecule has 2 aromatic rings. The minimum Gasteiger partial charge on any atom is -0.497 e. The van der Waals surface area contributed by atoms with Crippen LogP contribution in [0.15, 0.2) is 30.3 Å². The highest BCUT2D eigenvalue weighted by molar-refractivity contribution is 5.78. The fourth-order valence-electron chi connectivity index (χ4n) is 2.90. The van der Waals surface area contributed by atoms with E-state index in [0.29, 0.717) is 49.4 Å². The molecule has 8 heteroatoms. The van der Waals surface area contributed by atoms with Crippen molar-refractivity contribution in [2.75, 3.05) is 51.9 Å². The highest BCUT2D eigenvalue weighted by atomic mass is 16.5. The summed E-state index contributed by atoms with van der Waals surface area (Å²) in [6.45, 7) is 4.47. The Bertz CT molecular complexity index is 791. The highest BCUT2D eigenvalue weighted by Gasteiger charge is 2.23. The van der Waals surface area contributed by atoms with E-state index in [-0.39, 0.29) is 12.5 Å². The van der Waals surface area contributed by atoms with Crippen LogP contribution in [0.25, 0.3) is 0 Å². The Hall–Kier alpha value is -3.03. The number of ether oxygens (including phenoxy) is 3. The smallest absolute Gasteiger partial charge is 0.260 e. The number of hydrogen-bond acceptors (Lipinski definition) is 7. The Morgan fingerprint density at radius 3 is 2.48 bits per heavy atom. The lowest BCUT2D eigenvalue weighted by molar-refractivity contribution is -0.133. The average Bonchev–Trinajstić information content (AvgIpc) is 2.71. The number of aryl methyl sites for hydroxylation is 1. The van der Waals surface area contributed by atoms with E-state index in [1.54, 1.807) is 26.4 Å². The second-order valence-corrected chi connectivity index (χ2v) is 6.15. The zero-order valence-corrected chi connectivity index (χ0v) is 15.8. The Morgan fingerprint density at radius 1 is 1.04 bits per heavy atom. The van der Waals surface area contributed by atoms with Crippen molar-refractivity contribution in [1.82, 2.24) is 14.9 Å². The molecule has 1 amide bonds. The first-order valence-corrected chi connectivity index (χ1v) is 8.78. The summed E-state index contributed by atoms with van der Waals surface area (Å²) in [5.41, 5.74) is 0. The van der Waals surface area contributed by atoms with Gasteiger partial charge in [0, 0.05) is 38.3 Å². The zero-order chi connectivity index (χ0) is 19.2. The van der Waals surface area contributed by atoms with Crippen molar-refractivity contribution in [2.45, 2.75) is 6.92 Å². The molecule has 2 heterocycles. The molecule has 144 valence electrons. The first-order chi connectivity index (χ1) is 13.1. The molecule has 0 bridgehead atoms. The highest BCUT2D eigenvalue weighted by Crippen LogP contribution is 2.20. The van der Waals surface area contributed by atoms with Crippen molar-refractivity contribution in [3.8, 4) is 17.4 Å². The maximum absolute atomic E-state index is 12.4. The van der Waals surface area contributed by atoms with Gasteiger partial charge in [0.05, 0.1) is 14.2 Å². The van der Waals surface area contributed by atoms with E-state index in [1.807, 2.05) is 30.0 Å². The van der Waals surface area contributed by atoms with Gasteiger partial charge >= 0.3 is 0 Å². The Balaban J connectivity index is 1.52. The van der Waals surface area contributed by atoms with Crippen molar-refractivity contribution in [3.63, 3.8) is 0 Å². The molecule has 1 fully saturated rings. The van der Waals surface area contributed by atoms with E-state index in [2.05, 4.69) is 14.9 Å². The van der Waals surface area contributed by atoms with Crippen LogP contribution in [0.2, 0.25) is 0 Å². The number of piperazine rings is 1. The molecular weight excluding hydrogens is 348 g/mol. The quantitative estimate of drug-likeness (QED) is 0.761. The molecule has 0 aliphatic carbocycles. The van der Waals surface area contributed by atoms with Gasteiger partial charge in [-0.1, -0.05) is 6.07 Å². The number of anilines is 1. The number of aromatic nitrogens is 2. The van der Waals surface area contributed by atoms with Crippen molar-refractivity contribution >= 4 is 11.7 Å². The number of methoxy groups -OCH3 is 2. The fraction of sp³-hybridized carbons (Fsp3) is 0.421. The number of rotatable bonds is 6. The number of hydrogen-bond donors (Lipinski definition) is 0. The topological polar surface area (TPSA) is 77.0 Å². The molecule has 0 saturated carbocycles. The molecule has 1 aromatic heterocycles. The second kappa shape index (κ2) is 8.57. The molecule has 0 N–H and O–H groups in total.